The number of ether oxygens (including phenoxy) is 1. The van der Waals surface area contributed by atoms with Gasteiger partial charge >= 0.3 is 0 Å². The highest BCUT2D eigenvalue weighted by atomic mass is 35.5. The van der Waals surface area contributed by atoms with Gasteiger partial charge in [-0.15, -0.1) is 0 Å². The lowest BCUT2D eigenvalue weighted by Crippen LogP contribution is -2.41. The Hall–Kier alpha value is -2.97. The molecule has 1 saturated heterocycles. The number of carbonyl (C=O) groups is 1. The summed E-state index contributed by atoms with van der Waals surface area (Å²) in [5.74, 6) is 1.80. The number of rotatable bonds is 9. The highest BCUT2D eigenvalue weighted by Crippen LogP contribution is 2.32. The largest absolute Gasteiger partial charge is 0.382 e. The van der Waals surface area contributed by atoms with Crippen LogP contribution in [0.15, 0.2) is 47.1 Å². The van der Waals surface area contributed by atoms with Crippen LogP contribution in [0.25, 0.3) is 22.8 Å². The van der Waals surface area contributed by atoms with E-state index in [1.54, 1.807) is 18.3 Å². The number of piperidine rings is 1. The van der Waals surface area contributed by atoms with Gasteiger partial charge in [0, 0.05) is 55.5 Å². The van der Waals surface area contributed by atoms with Gasteiger partial charge in [0.15, 0.2) is 0 Å². The first-order valence-corrected chi connectivity index (χ1v) is 11.7. The van der Waals surface area contributed by atoms with E-state index in [0.29, 0.717) is 36.5 Å². The molecule has 0 atom stereocenters. The molecule has 4 rings (SSSR count). The van der Waals surface area contributed by atoms with Crippen LogP contribution in [-0.2, 0) is 9.53 Å². The summed E-state index contributed by atoms with van der Waals surface area (Å²) < 4.78 is 10.9. The summed E-state index contributed by atoms with van der Waals surface area (Å²) in [5.41, 5.74) is 1.56. The molecule has 174 valence electrons. The summed E-state index contributed by atoms with van der Waals surface area (Å²) in [6.45, 7) is 5.46. The van der Waals surface area contributed by atoms with Crippen molar-refractivity contribution in [3.05, 3.63) is 47.6 Å². The van der Waals surface area contributed by atoms with Gasteiger partial charge in [0.25, 0.3) is 5.89 Å². The zero-order valence-corrected chi connectivity index (χ0v) is 19.4. The fraction of sp³-hybridized carbons (Fsp3) is 0.417. The normalized spacial score (nSPS) is 14.4. The lowest BCUT2D eigenvalue weighted by atomic mass is 9.95. The third kappa shape index (κ3) is 5.89. The topological polar surface area (TPSA) is 93.4 Å². The molecule has 1 aliphatic rings. The van der Waals surface area contributed by atoms with E-state index < -0.39 is 0 Å². The quantitative estimate of drug-likeness (QED) is 0.469. The minimum absolute atomic E-state index is 0.0124. The summed E-state index contributed by atoms with van der Waals surface area (Å²) in [5, 5.41) is 7.76. The number of pyridine rings is 1. The number of nitrogens with one attached hydrogen (secondary N) is 1. The van der Waals surface area contributed by atoms with E-state index in [1.165, 1.54) is 0 Å². The lowest BCUT2D eigenvalue weighted by molar-refractivity contribution is -0.125. The first kappa shape index (κ1) is 23.2. The molecular formula is C24H28ClN5O3. The first-order valence-electron chi connectivity index (χ1n) is 11.3. The van der Waals surface area contributed by atoms with E-state index in [4.69, 9.17) is 20.9 Å². The van der Waals surface area contributed by atoms with Crippen molar-refractivity contribution < 1.29 is 14.1 Å². The molecule has 2 aromatic heterocycles. The van der Waals surface area contributed by atoms with Gasteiger partial charge in [-0.3, -0.25) is 4.79 Å². The van der Waals surface area contributed by atoms with Gasteiger partial charge in [-0.25, -0.2) is 4.98 Å². The molecule has 0 spiro atoms. The van der Waals surface area contributed by atoms with Crippen LogP contribution in [0.3, 0.4) is 0 Å². The second-order valence-corrected chi connectivity index (χ2v) is 8.35. The first-order chi connectivity index (χ1) is 16.2. The van der Waals surface area contributed by atoms with Crippen LogP contribution in [0.4, 0.5) is 5.82 Å². The smallest absolute Gasteiger partial charge is 0.261 e. The van der Waals surface area contributed by atoms with E-state index in [1.807, 2.05) is 31.2 Å². The molecule has 0 aliphatic carbocycles. The van der Waals surface area contributed by atoms with Crippen molar-refractivity contribution >= 4 is 23.3 Å². The number of aromatic nitrogens is 3. The van der Waals surface area contributed by atoms with Crippen LogP contribution in [0.5, 0.6) is 0 Å². The number of amides is 1. The number of nitrogens with zero attached hydrogens (tertiary/aromatic N) is 4. The van der Waals surface area contributed by atoms with E-state index in [9.17, 15) is 4.79 Å². The molecule has 1 amide bonds. The fourth-order valence-corrected chi connectivity index (χ4v) is 4.11. The third-order valence-corrected chi connectivity index (χ3v) is 5.90. The van der Waals surface area contributed by atoms with Crippen molar-refractivity contribution in [2.45, 2.75) is 26.2 Å². The van der Waals surface area contributed by atoms with Crippen molar-refractivity contribution in [1.82, 2.24) is 20.4 Å². The predicted octanol–water partition coefficient (Wildman–Crippen LogP) is 4.21. The number of halogens is 1. The molecule has 1 aliphatic heterocycles. The monoisotopic (exact) mass is 469 g/mol. The molecule has 1 fully saturated rings. The van der Waals surface area contributed by atoms with Crippen molar-refractivity contribution in [3.8, 4) is 22.8 Å². The lowest BCUT2D eigenvalue weighted by Gasteiger charge is -2.32. The second-order valence-electron chi connectivity index (χ2n) is 7.91. The Bertz CT molecular complexity index is 1070. The summed E-state index contributed by atoms with van der Waals surface area (Å²) in [6.07, 6.45) is 4.12. The molecule has 1 N–H and O–H groups in total. The molecule has 0 radical (unpaired) electrons. The molecule has 0 saturated carbocycles. The minimum atomic E-state index is 0.0124. The summed E-state index contributed by atoms with van der Waals surface area (Å²) >= 11 is 6.09. The predicted molar refractivity (Wildman–Crippen MR) is 127 cm³/mol. The minimum Gasteiger partial charge on any atom is -0.382 e. The standard InChI is InChI=1S/C24H28ClN5O3/c1-2-32-15-5-12-27-23(31)17-9-13-30(14-10-17)22-20(8-4-11-26-22)24-28-21(29-33-24)18-6-3-7-19(25)16-18/h3-4,6-8,11,16-17H,2,5,9-10,12-15H2,1H3,(H,27,31). The average molecular weight is 470 g/mol. The summed E-state index contributed by atoms with van der Waals surface area (Å²) in [4.78, 5) is 23.8. The van der Waals surface area contributed by atoms with Crippen LogP contribution < -0.4 is 10.2 Å². The molecule has 9 heteroatoms. The van der Waals surface area contributed by atoms with Gasteiger partial charge in [-0.2, -0.15) is 4.98 Å². The van der Waals surface area contributed by atoms with Gasteiger partial charge in [-0.1, -0.05) is 28.9 Å². The number of hydrogen-bond donors (Lipinski definition) is 1. The molecule has 8 nitrogen and oxygen atoms in total. The zero-order valence-electron chi connectivity index (χ0n) is 18.7. The van der Waals surface area contributed by atoms with E-state index in [2.05, 4.69) is 25.3 Å². The number of carbonyl (C=O) groups excluding carboxylic acids is 1. The van der Waals surface area contributed by atoms with E-state index >= 15 is 0 Å². The number of anilines is 1. The Balaban J connectivity index is 1.39. The molecule has 3 aromatic rings. The van der Waals surface area contributed by atoms with Crippen molar-refractivity contribution in [2.24, 2.45) is 5.92 Å². The Morgan fingerprint density at radius 1 is 1.27 bits per heavy atom. The Kier molecular flexibility index (Phi) is 7.91. The maximum absolute atomic E-state index is 12.5. The summed E-state index contributed by atoms with van der Waals surface area (Å²) in [7, 11) is 0. The maximum atomic E-state index is 12.5. The van der Waals surface area contributed by atoms with Crippen molar-refractivity contribution in [3.63, 3.8) is 0 Å². The molecule has 0 unspecified atom stereocenters. The zero-order chi connectivity index (χ0) is 23.0. The van der Waals surface area contributed by atoms with E-state index in [-0.39, 0.29) is 11.8 Å². The SMILES string of the molecule is CCOCCCNC(=O)C1CCN(c2ncccc2-c2nc(-c3cccc(Cl)c3)no2)CC1. The van der Waals surface area contributed by atoms with Gasteiger partial charge in [0.05, 0.1) is 5.56 Å². The number of hydrogen-bond acceptors (Lipinski definition) is 7. The highest BCUT2D eigenvalue weighted by molar-refractivity contribution is 6.30. The van der Waals surface area contributed by atoms with Crippen LogP contribution in [0.2, 0.25) is 5.02 Å². The van der Waals surface area contributed by atoms with Crippen LogP contribution in [-0.4, -0.2) is 53.9 Å². The van der Waals surface area contributed by atoms with Gasteiger partial charge in [0.2, 0.25) is 11.7 Å². The highest BCUT2D eigenvalue weighted by Gasteiger charge is 2.27. The summed E-state index contributed by atoms with van der Waals surface area (Å²) in [6, 6.07) is 11.1. The van der Waals surface area contributed by atoms with Gasteiger partial charge < -0.3 is 19.5 Å². The van der Waals surface area contributed by atoms with Gasteiger partial charge in [-0.05, 0) is 50.5 Å². The van der Waals surface area contributed by atoms with Crippen LogP contribution in [0, 0.1) is 5.92 Å². The molecule has 0 bridgehead atoms. The maximum Gasteiger partial charge on any atom is 0.261 e. The molecule has 3 heterocycles. The van der Waals surface area contributed by atoms with E-state index in [0.717, 1.165) is 49.3 Å². The van der Waals surface area contributed by atoms with Crippen LogP contribution >= 0.6 is 11.6 Å². The fourth-order valence-electron chi connectivity index (χ4n) is 3.92. The van der Waals surface area contributed by atoms with Gasteiger partial charge in [0.1, 0.15) is 5.82 Å². The average Bonchev–Trinajstić information content (AvgIpc) is 3.34. The molecule has 1 aromatic carbocycles. The van der Waals surface area contributed by atoms with Crippen LogP contribution in [0.1, 0.15) is 26.2 Å². The molecule has 33 heavy (non-hydrogen) atoms. The van der Waals surface area contributed by atoms with Crippen molar-refractivity contribution in [2.75, 3.05) is 37.7 Å². The number of benzene rings is 1. The Morgan fingerprint density at radius 2 is 2.12 bits per heavy atom. The Morgan fingerprint density at radius 3 is 2.91 bits per heavy atom. The van der Waals surface area contributed by atoms with Crippen molar-refractivity contribution in [1.29, 1.82) is 0 Å². The third-order valence-electron chi connectivity index (χ3n) is 5.66. The molecular weight excluding hydrogens is 442 g/mol. The Labute approximate surface area is 198 Å². The second kappa shape index (κ2) is 11.2.